The van der Waals surface area contributed by atoms with Gasteiger partial charge in [-0.3, -0.25) is 9.78 Å². The van der Waals surface area contributed by atoms with E-state index in [1.54, 1.807) is 11.1 Å². The van der Waals surface area contributed by atoms with E-state index in [1.807, 2.05) is 61.5 Å². The topological polar surface area (TPSA) is 81.2 Å². The quantitative estimate of drug-likeness (QED) is 0.541. The van der Waals surface area contributed by atoms with E-state index in [0.717, 1.165) is 33.3 Å². The molecule has 144 valence electrons. The summed E-state index contributed by atoms with van der Waals surface area (Å²) in [5, 5.41) is 5.12. The average Bonchev–Trinajstić information content (AvgIpc) is 3.26. The SMILES string of the molecule is C[C@@H]1Cc2ccccc2N1C(=O)Cn1nc(-c2cccc3ncccc23)oc1=O. The van der Waals surface area contributed by atoms with Gasteiger partial charge in [0.2, 0.25) is 11.8 Å². The first-order chi connectivity index (χ1) is 14.1. The molecule has 0 N–H and O–H groups in total. The van der Waals surface area contributed by atoms with Gasteiger partial charge in [-0.1, -0.05) is 30.3 Å². The van der Waals surface area contributed by atoms with Gasteiger partial charge >= 0.3 is 5.76 Å². The molecule has 0 saturated heterocycles. The molecule has 29 heavy (non-hydrogen) atoms. The first kappa shape index (κ1) is 17.4. The Bertz CT molecular complexity index is 1290. The Morgan fingerprint density at radius 1 is 1.14 bits per heavy atom. The number of pyridine rings is 1. The van der Waals surface area contributed by atoms with Crippen molar-refractivity contribution >= 4 is 22.5 Å². The van der Waals surface area contributed by atoms with Crippen molar-refractivity contribution in [2.75, 3.05) is 4.90 Å². The maximum absolute atomic E-state index is 13.0. The molecular formula is C22H18N4O3. The Hall–Kier alpha value is -3.74. The largest absolute Gasteiger partial charge is 0.437 e. The van der Waals surface area contributed by atoms with Crippen molar-refractivity contribution in [3.63, 3.8) is 0 Å². The van der Waals surface area contributed by atoms with Crippen LogP contribution in [0.25, 0.3) is 22.4 Å². The lowest BCUT2D eigenvalue weighted by molar-refractivity contribution is -0.119. The predicted octanol–water partition coefficient (Wildman–Crippen LogP) is 3.03. The van der Waals surface area contributed by atoms with Crippen LogP contribution in [0, 0.1) is 0 Å². The van der Waals surface area contributed by atoms with Gasteiger partial charge in [-0.15, -0.1) is 5.10 Å². The van der Waals surface area contributed by atoms with Crippen molar-refractivity contribution in [3.8, 4) is 11.5 Å². The molecule has 7 nitrogen and oxygen atoms in total. The molecule has 3 heterocycles. The summed E-state index contributed by atoms with van der Waals surface area (Å²) in [7, 11) is 0. The fourth-order valence-electron chi connectivity index (χ4n) is 3.95. The van der Waals surface area contributed by atoms with E-state index in [4.69, 9.17) is 4.42 Å². The molecular weight excluding hydrogens is 368 g/mol. The molecule has 1 amide bonds. The normalized spacial score (nSPS) is 15.6. The lowest BCUT2D eigenvalue weighted by atomic mass is 10.1. The van der Waals surface area contributed by atoms with Crippen LogP contribution in [0.2, 0.25) is 0 Å². The van der Waals surface area contributed by atoms with Crippen molar-refractivity contribution < 1.29 is 9.21 Å². The van der Waals surface area contributed by atoms with Crippen LogP contribution in [-0.2, 0) is 17.8 Å². The maximum Gasteiger partial charge on any atom is 0.437 e. The number of hydrogen-bond donors (Lipinski definition) is 0. The Balaban J connectivity index is 1.47. The highest BCUT2D eigenvalue weighted by Gasteiger charge is 2.31. The number of aromatic nitrogens is 3. The van der Waals surface area contributed by atoms with Crippen molar-refractivity contribution in [2.45, 2.75) is 25.9 Å². The molecule has 2 aromatic carbocycles. The zero-order valence-corrected chi connectivity index (χ0v) is 15.8. The third kappa shape index (κ3) is 2.91. The molecule has 0 radical (unpaired) electrons. The van der Waals surface area contributed by atoms with Crippen LogP contribution in [-0.4, -0.2) is 26.7 Å². The number of para-hydroxylation sites is 1. The highest BCUT2D eigenvalue weighted by molar-refractivity contribution is 5.96. The lowest BCUT2D eigenvalue weighted by Crippen LogP contribution is -2.39. The molecule has 4 aromatic rings. The zero-order valence-electron chi connectivity index (χ0n) is 15.8. The molecule has 0 spiro atoms. The van der Waals surface area contributed by atoms with E-state index in [-0.39, 0.29) is 24.4 Å². The number of hydrogen-bond acceptors (Lipinski definition) is 5. The van der Waals surface area contributed by atoms with Crippen LogP contribution < -0.4 is 10.7 Å². The van der Waals surface area contributed by atoms with Crippen molar-refractivity contribution in [3.05, 3.63) is 76.9 Å². The Morgan fingerprint density at radius 3 is 2.90 bits per heavy atom. The van der Waals surface area contributed by atoms with Gasteiger partial charge in [0.1, 0.15) is 6.54 Å². The third-order valence-corrected chi connectivity index (χ3v) is 5.24. The lowest BCUT2D eigenvalue weighted by Gasteiger charge is -2.22. The van der Waals surface area contributed by atoms with Crippen LogP contribution in [0.15, 0.2) is 70.0 Å². The number of rotatable bonds is 3. The molecule has 1 atom stereocenters. The second-order valence-electron chi connectivity index (χ2n) is 7.15. The van der Waals surface area contributed by atoms with Crippen molar-refractivity contribution in [2.24, 2.45) is 0 Å². The number of anilines is 1. The second-order valence-corrected chi connectivity index (χ2v) is 7.15. The van der Waals surface area contributed by atoms with Crippen LogP contribution in [0.1, 0.15) is 12.5 Å². The van der Waals surface area contributed by atoms with Crippen molar-refractivity contribution in [1.82, 2.24) is 14.8 Å². The summed E-state index contributed by atoms with van der Waals surface area (Å²) in [5.41, 5.74) is 3.46. The van der Waals surface area contributed by atoms with E-state index in [1.165, 1.54) is 0 Å². The number of amides is 1. The van der Waals surface area contributed by atoms with Gasteiger partial charge in [-0.25, -0.2) is 4.79 Å². The number of nitrogens with zero attached hydrogens (tertiary/aromatic N) is 4. The molecule has 1 aliphatic heterocycles. The third-order valence-electron chi connectivity index (χ3n) is 5.24. The molecule has 7 heteroatoms. The molecule has 1 aliphatic rings. The summed E-state index contributed by atoms with van der Waals surface area (Å²) in [5.74, 6) is -0.672. The van der Waals surface area contributed by atoms with Gasteiger partial charge in [0, 0.05) is 28.9 Å². The average molecular weight is 386 g/mol. The van der Waals surface area contributed by atoms with E-state index < -0.39 is 5.76 Å². The van der Waals surface area contributed by atoms with Crippen LogP contribution >= 0.6 is 0 Å². The Kier molecular flexibility index (Phi) is 4.01. The van der Waals surface area contributed by atoms with Crippen molar-refractivity contribution in [1.29, 1.82) is 0 Å². The van der Waals surface area contributed by atoms with Crippen LogP contribution in [0.5, 0.6) is 0 Å². The molecule has 2 aromatic heterocycles. The molecule has 5 rings (SSSR count). The summed E-state index contributed by atoms with van der Waals surface area (Å²) in [6.45, 7) is 1.82. The monoisotopic (exact) mass is 386 g/mol. The minimum atomic E-state index is -0.658. The number of fused-ring (bicyclic) bond motifs is 2. The zero-order chi connectivity index (χ0) is 20.0. The Morgan fingerprint density at radius 2 is 2.00 bits per heavy atom. The predicted molar refractivity (Wildman–Crippen MR) is 109 cm³/mol. The second kappa shape index (κ2) is 6.70. The molecule has 0 bridgehead atoms. The Labute approximate surface area is 166 Å². The van der Waals surface area contributed by atoms with E-state index >= 15 is 0 Å². The molecule has 0 aliphatic carbocycles. The van der Waals surface area contributed by atoms with E-state index in [0.29, 0.717) is 5.56 Å². The summed E-state index contributed by atoms with van der Waals surface area (Å²) < 4.78 is 6.45. The first-order valence-corrected chi connectivity index (χ1v) is 9.44. The summed E-state index contributed by atoms with van der Waals surface area (Å²) in [6.07, 6.45) is 2.50. The standard InChI is InChI=1S/C22H18N4O3/c1-14-12-15-6-2-3-10-19(15)26(14)20(27)13-25-22(28)29-21(24-25)17-7-4-9-18-16(17)8-5-11-23-18/h2-11,14H,12-13H2,1H3/t14-/m1/s1. The van der Waals surface area contributed by atoms with Gasteiger partial charge in [0.15, 0.2) is 0 Å². The van der Waals surface area contributed by atoms with Gasteiger partial charge < -0.3 is 9.32 Å². The van der Waals surface area contributed by atoms with Crippen LogP contribution in [0.4, 0.5) is 5.69 Å². The number of benzene rings is 2. The first-order valence-electron chi connectivity index (χ1n) is 9.44. The van der Waals surface area contributed by atoms with Gasteiger partial charge in [0.05, 0.1) is 5.52 Å². The van der Waals surface area contributed by atoms with Gasteiger partial charge in [-0.2, -0.15) is 4.68 Å². The maximum atomic E-state index is 13.0. The molecule has 0 fully saturated rings. The number of carbonyl (C=O) groups is 1. The summed E-state index contributed by atoms with van der Waals surface area (Å²) >= 11 is 0. The fourth-order valence-corrected chi connectivity index (χ4v) is 3.95. The highest BCUT2D eigenvalue weighted by atomic mass is 16.4. The van der Waals surface area contributed by atoms with E-state index in [9.17, 15) is 9.59 Å². The van der Waals surface area contributed by atoms with Crippen LogP contribution in [0.3, 0.4) is 0 Å². The van der Waals surface area contributed by atoms with Gasteiger partial charge in [0.25, 0.3) is 0 Å². The smallest absolute Gasteiger partial charge is 0.388 e. The minimum absolute atomic E-state index is 0.0334. The van der Waals surface area contributed by atoms with Gasteiger partial charge in [-0.05, 0) is 43.2 Å². The minimum Gasteiger partial charge on any atom is -0.388 e. The summed E-state index contributed by atoms with van der Waals surface area (Å²) in [4.78, 5) is 31.4. The molecule has 0 unspecified atom stereocenters. The summed E-state index contributed by atoms with van der Waals surface area (Å²) in [6, 6.07) is 17.1. The highest BCUT2D eigenvalue weighted by Crippen LogP contribution is 2.32. The van der Waals surface area contributed by atoms with E-state index in [2.05, 4.69) is 10.1 Å². The number of carbonyl (C=O) groups excluding carboxylic acids is 1. The molecule has 0 saturated carbocycles. The fraction of sp³-hybridized carbons (Fsp3) is 0.182.